The molecule has 12 heavy (non-hydrogen) atoms. The molecule has 0 saturated carbocycles. The Balaban J connectivity index is 4.14. The molecule has 0 aliphatic heterocycles. The van der Waals surface area contributed by atoms with Crippen molar-refractivity contribution in [2.75, 3.05) is 6.16 Å². The number of carbonyl (C=O) groups excluding carboxylic acids is 1. The first-order valence-corrected chi connectivity index (χ1v) is 5.13. The average Bonchev–Trinajstić information content (AvgIpc) is 1.82. The minimum Gasteiger partial charge on any atom is -0.324 e. The van der Waals surface area contributed by atoms with Crippen molar-refractivity contribution in [3.63, 3.8) is 0 Å². The van der Waals surface area contributed by atoms with Gasteiger partial charge in [-0.15, -0.1) is 0 Å². The van der Waals surface area contributed by atoms with Crippen molar-refractivity contribution in [1.82, 2.24) is 0 Å². The number of carbonyl (C=O) groups is 1. The zero-order valence-corrected chi connectivity index (χ0v) is 7.57. The lowest BCUT2D eigenvalue weighted by Gasteiger charge is -2.13. The van der Waals surface area contributed by atoms with Crippen LogP contribution in [0.4, 0.5) is 0 Å². The third-order valence-corrected chi connectivity index (χ3v) is 2.12. The van der Waals surface area contributed by atoms with E-state index in [0.717, 1.165) is 0 Å². The van der Waals surface area contributed by atoms with E-state index >= 15 is 0 Å². The molecule has 0 spiro atoms. The van der Waals surface area contributed by atoms with Gasteiger partial charge in [0.15, 0.2) is 5.78 Å². The van der Waals surface area contributed by atoms with Gasteiger partial charge in [0, 0.05) is 0 Å². The van der Waals surface area contributed by atoms with Crippen LogP contribution in [-0.2, 0) is 9.36 Å². The van der Waals surface area contributed by atoms with Crippen molar-refractivity contribution in [1.29, 1.82) is 0 Å². The molecule has 0 radical (unpaired) electrons. The Morgan fingerprint density at radius 1 is 1.50 bits per heavy atom. The summed E-state index contributed by atoms with van der Waals surface area (Å²) in [6, 6.07) is -1.96. The monoisotopic (exact) mass is 196 g/mol. The fourth-order valence-corrected chi connectivity index (χ4v) is 1.38. The molecule has 0 aromatic heterocycles. The molecule has 0 aromatic rings. The highest BCUT2D eigenvalue weighted by Crippen LogP contribution is 2.34. The van der Waals surface area contributed by atoms with E-state index in [9.17, 15) is 9.36 Å². The van der Waals surface area contributed by atoms with Gasteiger partial charge in [-0.05, 0) is 6.92 Å². The minimum absolute atomic E-state index is 0.543. The molecule has 0 rings (SSSR count). The molecule has 0 amide bonds. The fraction of sp³-hybridized carbons (Fsp3) is 0.800. The number of Topliss-reactive ketones (excluding diaryl/α,β-unsaturated/α-hetero) is 1. The summed E-state index contributed by atoms with van der Waals surface area (Å²) in [7, 11) is -4.22. The van der Waals surface area contributed by atoms with Gasteiger partial charge in [-0.1, -0.05) is 0 Å². The third-order valence-electron chi connectivity index (χ3n) is 1.25. The molecule has 6 nitrogen and oxygen atoms in total. The molecule has 2 atom stereocenters. The normalized spacial score (nSPS) is 17.1. The van der Waals surface area contributed by atoms with Gasteiger partial charge in [-0.25, -0.2) is 0 Å². The maximum absolute atomic E-state index is 10.9. The Morgan fingerprint density at radius 3 is 2.17 bits per heavy atom. The summed E-state index contributed by atoms with van der Waals surface area (Å²) in [5.74, 6) is -0.543. The molecule has 1 unspecified atom stereocenters. The predicted octanol–water partition coefficient (Wildman–Crippen LogP) is -1.59. The van der Waals surface area contributed by atoms with E-state index in [1.54, 1.807) is 0 Å². The van der Waals surface area contributed by atoms with E-state index < -0.39 is 31.6 Å². The Kier molecular flexibility index (Phi) is 4.02. The summed E-state index contributed by atoms with van der Waals surface area (Å²) < 4.78 is 10.4. The number of rotatable bonds is 4. The molecule has 7 heteroatoms. The largest absolute Gasteiger partial charge is 0.327 e. The first kappa shape index (κ1) is 11.7. The van der Waals surface area contributed by atoms with E-state index in [2.05, 4.69) is 0 Å². The number of nitrogens with two attached hydrogens (primary N) is 2. The lowest BCUT2D eigenvalue weighted by atomic mass is 10.1. The second kappa shape index (κ2) is 4.11. The molecule has 6 N–H and O–H groups in total. The summed E-state index contributed by atoms with van der Waals surface area (Å²) in [5, 5.41) is 0. The lowest BCUT2D eigenvalue weighted by molar-refractivity contribution is -0.120. The molecule has 0 aromatic carbocycles. The highest BCUT2D eigenvalue weighted by atomic mass is 31.2. The maximum Gasteiger partial charge on any atom is 0.327 e. The van der Waals surface area contributed by atoms with E-state index in [1.807, 2.05) is 0 Å². The van der Waals surface area contributed by atoms with Crippen molar-refractivity contribution < 1.29 is 19.1 Å². The molecule has 0 fully saturated rings. The third kappa shape index (κ3) is 4.58. The van der Waals surface area contributed by atoms with Crippen LogP contribution in [0.3, 0.4) is 0 Å². The van der Waals surface area contributed by atoms with Crippen molar-refractivity contribution in [2.45, 2.75) is 19.0 Å². The van der Waals surface area contributed by atoms with Crippen molar-refractivity contribution in [3.8, 4) is 0 Å². The van der Waals surface area contributed by atoms with Crippen LogP contribution >= 0.6 is 7.60 Å². The summed E-state index contributed by atoms with van der Waals surface area (Å²) in [4.78, 5) is 27.8. The highest BCUT2D eigenvalue weighted by Gasteiger charge is 2.25. The van der Waals surface area contributed by atoms with Gasteiger partial charge in [0.2, 0.25) is 0 Å². The van der Waals surface area contributed by atoms with Crippen LogP contribution < -0.4 is 11.5 Å². The van der Waals surface area contributed by atoms with Crippen LogP contribution in [-0.4, -0.2) is 33.8 Å². The van der Waals surface area contributed by atoms with Crippen LogP contribution in [0.2, 0.25) is 0 Å². The molecule has 0 heterocycles. The van der Waals surface area contributed by atoms with E-state index in [0.29, 0.717) is 0 Å². The number of hydrogen-bond acceptors (Lipinski definition) is 4. The Hall–Kier alpha value is -0.260. The predicted molar refractivity (Wildman–Crippen MR) is 43.5 cm³/mol. The topological polar surface area (TPSA) is 127 Å². The maximum atomic E-state index is 10.9. The van der Waals surface area contributed by atoms with Crippen molar-refractivity contribution in [2.24, 2.45) is 11.5 Å². The van der Waals surface area contributed by atoms with Crippen molar-refractivity contribution >= 4 is 13.4 Å². The van der Waals surface area contributed by atoms with Gasteiger partial charge in [0.1, 0.15) is 0 Å². The van der Waals surface area contributed by atoms with E-state index in [-0.39, 0.29) is 0 Å². The lowest BCUT2D eigenvalue weighted by Crippen LogP contribution is -2.43. The summed E-state index contributed by atoms with van der Waals surface area (Å²) in [5.41, 5.74) is 10.4. The smallest absolute Gasteiger partial charge is 0.324 e. The molecule has 0 bridgehead atoms. The number of ketones is 1. The quantitative estimate of drug-likeness (QED) is 0.401. The zero-order valence-electron chi connectivity index (χ0n) is 6.67. The molecule has 0 aliphatic carbocycles. The molecule has 0 aliphatic rings. The molecular formula is C5H13N2O4P. The molecular weight excluding hydrogens is 183 g/mol. The van der Waals surface area contributed by atoms with Gasteiger partial charge in [-0.3, -0.25) is 9.36 Å². The summed E-state index contributed by atoms with van der Waals surface area (Å²) >= 11 is 0. The summed E-state index contributed by atoms with van der Waals surface area (Å²) in [6.07, 6.45) is -0.645. The fourth-order valence-electron chi connectivity index (χ4n) is 0.684. The minimum atomic E-state index is -4.22. The second-order valence-corrected chi connectivity index (χ2v) is 4.34. The first-order chi connectivity index (χ1) is 5.24. The van der Waals surface area contributed by atoms with Crippen molar-refractivity contribution in [3.05, 3.63) is 0 Å². The van der Waals surface area contributed by atoms with Crippen LogP contribution in [0.5, 0.6) is 0 Å². The SMILES string of the molecule is C[C@H](N)C(=O)C(N)CP(=O)(O)O. The first-order valence-electron chi connectivity index (χ1n) is 3.33. The van der Waals surface area contributed by atoms with Gasteiger partial charge in [-0.2, -0.15) is 0 Å². The highest BCUT2D eigenvalue weighted by molar-refractivity contribution is 7.51. The Labute approximate surface area is 70.1 Å². The van der Waals surface area contributed by atoms with Gasteiger partial charge >= 0.3 is 7.60 Å². The summed E-state index contributed by atoms with van der Waals surface area (Å²) in [6.45, 7) is 1.42. The van der Waals surface area contributed by atoms with Gasteiger partial charge in [0.05, 0.1) is 18.2 Å². The van der Waals surface area contributed by atoms with Crippen LogP contribution in [0.25, 0.3) is 0 Å². The Bertz CT molecular complexity index is 211. The average molecular weight is 196 g/mol. The van der Waals surface area contributed by atoms with Crippen LogP contribution in [0, 0.1) is 0 Å². The zero-order chi connectivity index (χ0) is 9.94. The molecule has 0 saturated heterocycles. The van der Waals surface area contributed by atoms with Gasteiger partial charge in [0.25, 0.3) is 0 Å². The van der Waals surface area contributed by atoms with Crippen LogP contribution in [0.1, 0.15) is 6.92 Å². The second-order valence-electron chi connectivity index (χ2n) is 2.64. The number of hydrogen-bond donors (Lipinski definition) is 4. The Morgan fingerprint density at radius 2 is 1.92 bits per heavy atom. The molecule has 72 valence electrons. The standard InChI is InChI=1S/C5H13N2O4P/c1-3(6)5(8)4(7)2-12(9,10)11/h3-4H,2,6-7H2,1H3,(H2,9,10,11)/t3-,4?/m0/s1. The van der Waals surface area contributed by atoms with Gasteiger partial charge < -0.3 is 21.3 Å². The van der Waals surface area contributed by atoms with Crippen LogP contribution in [0.15, 0.2) is 0 Å². The van der Waals surface area contributed by atoms with E-state index in [1.165, 1.54) is 6.92 Å². The van der Waals surface area contributed by atoms with E-state index in [4.69, 9.17) is 21.3 Å².